The van der Waals surface area contributed by atoms with Crippen molar-refractivity contribution >= 4 is 0 Å². The molecule has 18 heavy (non-hydrogen) atoms. The zero-order valence-electron chi connectivity index (χ0n) is 13.3. The molecular weight excluding hydrogens is 220 g/mol. The van der Waals surface area contributed by atoms with Gasteiger partial charge in [0.15, 0.2) is 0 Å². The third-order valence-electron chi connectivity index (χ3n) is 3.01. The molecular formula is C16H32N2. The van der Waals surface area contributed by atoms with Crippen LogP contribution in [0.15, 0.2) is 0 Å². The first-order valence-electron chi connectivity index (χ1n) is 7.34. The van der Waals surface area contributed by atoms with Crippen LogP contribution < -0.4 is 5.32 Å². The van der Waals surface area contributed by atoms with Crippen LogP contribution in [0.3, 0.4) is 0 Å². The molecule has 0 aromatic heterocycles. The summed E-state index contributed by atoms with van der Waals surface area (Å²) in [5.74, 6) is 6.46. The maximum atomic E-state index is 3.47. The molecule has 0 bridgehead atoms. The van der Waals surface area contributed by atoms with Gasteiger partial charge in [-0.1, -0.05) is 25.7 Å². The predicted octanol–water partition coefficient (Wildman–Crippen LogP) is 3.14. The van der Waals surface area contributed by atoms with Gasteiger partial charge in [-0.15, -0.1) is 0 Å². The summed E-state index contributed by atoms with van der Waals surface area (Å²) in [6.45, 7) is 17.5. The molecule has 0 aliphatic heterocycles. The van der Waals surface area contributed by atoms with Crippen LogP contribution >= 0.6 is 0 Å². The van der Waals surface area contributed by atoms with E-state index < -0.39 is 0 Å². The second-order valence-corrected chi connectivity index (χ2v) is 6.00. The Morgan fingerprint density at radius 3 is 2.28 bits per heavy atom. The average Bonchev–Trinajstić information content (AvgIpc) is 2.29. The van der Waals surface area contributed by atoms with Gasteiger partial charge in [-0.05, 0) is 60.2 Å². The van der Waals surface area contributed by atoms with E-state index in [1.165, 1.54) is 19.4 Å². The molecule has 0 heterocycles. The molecule has 1 unspecified atom stereocenters. The molecule has 0 saturated carbocycles. The first kappa shape index (κ1) is 17.5. The van der Waals surface area contributed by atoms with Crippen LogP contribution in [-0.2, 0) is 0 Å². The molecule has 0 fully saturated rings. The van der Waals surface area contributed by atoms with Crippen molar-refractivity contribution in [3.05, 3.63) is 0 Å². The third-order valence-corrected chi connectivity index (χ3v) is 3.01. The van der Waals surface area contributed by atoms with E-state index in [1.54, 1.807) is 0 Å². The number of nitrogens with one attached hydrogen (secondary N) is 1. The van der Waals surface area contributed by atoms with E-state index in [9.17, 15) is 0 Å². The van der Waals surface area contributed by atoms with Gasteiger partial charge in [0.05, 0.1) is 6.54 Å². The summed E-state index contributed by atoms with van der Waals surface area (Å²) in [4.78, 5) is 2.48. The van der Waals surface area contributed by atoms with Gasteiger partial charge in [0.1, 0.15) is 0 Å². The zero-order chi connectivity index (χ0) is 14.0. The minimum atomic E-state index is 0.119. The second-order valence-electron chi connectivity index (χ2n) is 6.00. The fourth-order valence-corrected chi connectivity index (χ4v) is 1.80. The number of nitrogens with zero attached hydrogens (tertiary/aromatic N) is 1. The van der Waals surface area contributed by atoms with E-state index in [2.05, 4.69) is 63.6 Å². The van der Waals surface area contributed by atoms with Crippen LogP contribution in [0.4, 0.5) is 0 Å². The van der Waals surface area contributed by atoms with Gasteiger partial charge >= 0.3 is 0 Å². The summed E-state index contributed by atoms with van der Waals surface area (Å²) in [5, 5.41) is 3.47. The van der Waals surface area contributed by atoms with E-state index in [0.717, 1.165) is 19.6 Å². The fourth-order valence-electron chi connectivity index (χ4n) is 1.80. The van der Waals surface area contributed by atoms with Gasteiger partial charge in [0.2, 0.25) is 0 Å². The predicted molar refractivity (Wildman–Crippen MR) is 81.7 cm³/mol. The Labute approximate surface area is 115 Å². The topological polar surface area (TPSA) is 15.3 Å². The molecule has 2 nitrogen and oxygen atoms in total. The Kier molecular flexibility index (Phi) is 9.14. The highest BCUT2D eigenvalue weighted by Crippen LogP contribution is 2.09. The van der Waals surface area contributed by atoms with Crippen LogP contribution in [0.25, 0.3) is 0 Å². The lowest BCUT2D eigenvalue weighted by Crippen LogP contribution is -2.29. The van der Waals surface area contributed by atoms with Crippen LogP contribution in [-0.4, -0.2) is 37.1 Å². The lowest BCUT2D eigenvalue weighted by molar-refractivity contribution is 0.291. The van der Waals surface area contributed by atoms with Crippen molar-refractivity contribution < 1.29 is 0 Å². The number of hydrogen-bond donors (Lipinski definition) is 1. The molecule has 0 amide bonds. The molecule has 0 aliphatic rings. The quantitative estimate of drug-likeness (QED) is 0.668. The summed E-state index contributed by atoms with van der Waals surface area (Å²) < 4.78 is 0. The molecule has 0 aromatic carbocycles. The van der Waals surface area contributed by atoms with Crippen LogP contribution in [0, 0.1) is 17.3 Å². The highest BCUT2D eigenvalue weighted by molar-refractivity contribution is 5.08. The third kappa shape index (κ3) is 10.6. The van der Waals surface area contributed by atoms with Gasteiger partial charge in [0.25, 0.3) is 0 Å². The standard InChI is InChI=1S/C16H32N2/c1-7-18(8-2)14-9-11-15(3)17-13-10-12-16(4,5)6/h15,17H,7-9,11,13-14H2,1-6H3. The van der Waals surface area contributed by atoms with Crippen molar-refractivity contribution in [3.8, 4) is 11.8 Å². The Morgan fingerprint density at radius 2 is 1.78 bits per heavy atom. The summed E-state index contributed by atoms with van der Waals surface area (Å²) in [7, 11) is 0. The van der Waals surface area contributed by atoms with Gasteiger partial charge in [-0.25, -0.2) is 0 Å². The molecule has 0 saturated heterocycles. The minimum absolute atomic E-state index is 0.119. The summed E-state index contributed by atoms with van der Waals surface area (Å²) >= 11 is 0. The molecule has 1 N–H and O–H groups in total. The summed E-state index contributed by atoms with van der Waals surface area (Å²) in [6.07, 6.45) is 2.50. The Morgan fingerprint density at radius 1 is 1.17 bits per heavy atom. The Balaban J connectivity index is 3.65. The smallest absolute Gasteiger partial charge is 0.0578 e. The van der Waals surface area contributed by atoms with Gasteiger partial charge < -0.3 is 10.2 Å². The van der Waals surface area contributed by atoms with E-state index in [-0.39, 0.29) is 5.41 Å². The van der Waals surface area contributed by atoms with Crippen molar-refractivity contribution in [3.63, 3.8) is 0 Å². The summed E-state index contributed by atoms with van der Waals surface area (Å²) in [6, 6.07) is 0.565. The van der Waals surface area contributed by atoms with Gasteiger partial charge in [0, 0.05) is 11.5 Å². The van der Waals surface area contributed by atoms with E-state index in [1.807, 2.05) is 0 Å². The number of hydrogen-bond acceptors (Lipinski definition) is 2. The second kappa shape index (κ2) is 9.42. The Bertz CT molecular complexity index is 250. The van der Waals surface area contributed by atoms with Crippen LogP contribution in [0.2, 0.25) is 0 Å². The van der Waals surface area contributed by atoms with Crippen molar-refractivity contribution in [1.29, 1.82) is 0 Å². The normalized spacial score (nSPS) is 13.3. The lowest BCUT2D eigenvalue weighted by atomic mass is 9.98. The molecule has 106 valence electrons. The average molecular weight is 252 g/mol. The van der Waals surface area contributed by atoms with E-state index in [4.69, 9.17) is 0 Å². The molecule has 1 atom stereocenters. The van der Waals surface area contributed by atoms with E-state index >= 15 is 0 Å². The fraction of sp³-hybridized carbons (Fsp3) is 0.875. The highest BCUT2D eigenvalue weighted by Gasteiger charge is 2.04. The molecule has 0 spiro atoms. The summed E-state index contributed by atoms with van der Waals surface area (Å²) in [5.41, 5.74) is 0.119. The minimum Gasteiger partial charge on any atom is -0.304 e. The molecule has 0 aromatic rings. The lowest BCUT2D eigenvalue weighted by Gasteiger charge is -2.19. The van der Waals surface area contributed by atoms with E-state index in [0.29, 0.717) is 6.04 Å². The van der Waals surface area contributed by atoms with Crippen molar-refractivity contribution in [2.75, 3.05) is 26.2 Å². The first-order chi connectivity index (χ1) is 8.39. The largest absolute Gasteiger partial charge is 0.304 e. The maximum absolute atomic E-state index is 3.47. The van der Waals surface area contributed by atoms with Gasteiger partial charge in [-0.3, -0.25) is 0 Å². The molecule has 2 heteroatoms. The highest BCUT2D eigenvalue weighted by atomic mass is 15.1. The van der Waals surface area contributed by atoms with Crippen LogP contribution in [0.5, 0.6) is 0 Å². The first-order valence-corrected chi connectivity index (χ1v) is 7.34. The Hall–Kier alpha value is -0.520. The zero-order valence-corrected chi connectivity index (χ0v) is 13.3. The molecule has 0 rings (SSSR count). The van der Waals surface area contributed by atoms with Gasteiger partial charge in [-0.2, -0.15) is 0 Å². The van der Waals surface area contributed by atoms with Crippen LogP contribution in [0.1, 0.15) is 54.4 Å². The monoisotopic (exact) mass is 252 g/mol. The molecule has 0 aliphatic carbocycles. The van der Waals surface area contributed by atoms with Crippen molar-refractivity contribution in [2.24, 2.45) is 5.41 Å². The maximum Gasteiger partial charge on any atom is 0.0578 e. The molecule has 0 radical (unpaired) electrons. The van der Waals surface area contributed by atoms with Crippen molar-refractivity contribution in [1.82, 2.24) is 10.2 Å². The van der Waals surface area contributed by atoms with Crippen molar-refractivity contribution in [2.45, 2.75) is 60.4 Å². The SMILES string of the molecule is CCN(CC)CCCC(C)NCC#CC(C)(C)C. The number of rotatable bonds is 8.